The van der Waals surface area contributed by atoms with Crippen LogP contribution >= 0.6 is 0 Å². The van der Waals surface area contributed by atoms with Crippen LogP contribution in [0.2, 0.25) is 0 Å². The van der Waals surface area contributed by atoms with Crippen molar-refractivity contribution in [2.24, 2.45) is 0 Å². The lowest BCUT2D eigenvalue weighted by molar-refractivity contribution is -0.130. The minimum absolute atomic E-state index is 0.0596. The Morgan fingerprint density at radius 2 is 2.24 bits per heavy atom. The van der Waals surface area contributed by atoms with E-state index in [0.29, 0.717) is 31.6 Å². The number of benzene rings is 1. The number of aryl methyl sites for hydroxylation is 1. The molecule has 1 aliphatic rings. The van der Waals surface area contributed by atoms with Crippen molar-refractivity contribution >= 4 is 5.91 Å². The van der Waals surface area contributed by atoms with Gasteiger partial charge in [-0.3, -0.25) is 4.79 Å². The average molecular weight is 289 g/mol. The van der Waals surface area contributed by atoms with Crippen LogP contribution in [0.5, 0.6) is 0 Å². The number of carbonyl (C=O) groups is 1. The van der Waals surface area contributed by atoms with E-state index in [0.717, 1.165) is 6.42 Å². The van der Waals surface area contributed by atoms with Gasteiger partial charge < -0.3 is 4.90 Å². The largest absolute Gasteiger partial charge is 0.342 e. The van der Waals surface area contributed by atoms with Crippen molar-refractivity contribution in [3.63, 3.8) is 0 Å². The molecule has 0 N–H and O–H groups in total. The Bertz CT molecular complexity index is 616. The molecule has 0 bridgehead atoms. The molecule has 1 aromatic heterocycles. The summed E-state index contributed by atoms with van der Waals surface area (Å²) < 4.78 is 15.3. The number of halogens is 1. The Morgan fingerprint density at radius 3 is 3.00 bits per heavy atom. The molecule has 2 heterocycles. The fourth-order valence-corrected chi connectivity index (χ4v) is 2.70. The van der Waals surface area contributed by atoms with Crippen molar-refractivity contribution in [1.29, 1.82) is 0 Å². The second-order valence-corrected chi connectivity index (χ2v) is 5.17. The highest BCUT2D eigenvalue weighted by Crippen LogP contribution is 2.29. The summed E-state index contributed by atoms with van der Waals surface area (Å²) in [4.78, 5) is 13.9. The minimum Gasteiger partial charge on any atom is -0.342 e. The van der Waals surface area contributed by atoms with Crippen molar-refractivity contribution in [3.05, 3.63) is 42.0 Å². The van der Waals surface area contributed by atoms with Gasteiger partial charge >= 0.3 is 0 Å². The lowest BCUT2D eigenvalue weighted by atomic mass is 9.98. The summed E-state index contributed by atoms with van der Waals surface area (Å²) in [6.07, 6.45) is 2.64. The molecule has 2 aromatic rings. The molecule has 110 valence electrons. The molecule has 3 rings (SSSR count). The molecule has 0 spiro atoms. The molecule has 1 saturated heterocycles. The first kappa shape index (κ1) is 13.7. The molecule has 7 heteroatoms. The molecule has 1 aromatic carbocycles. The van der Waals surface area contributed by atoms with Crippen LogP contribution in [0, 0.1) is 5.82 Å². The predicted molar refractivity (Wildman–Crippen MR) is 72.8 cm³/mol. The smallest absolute Gasteiger partial charge is 0.224 e. The van der Waals surface area contributed by atoms with E-state index in [4.69, 9.17) is 0 Å². The molecule has 0 saturated carbocycles. The molecule has 1 atom stereocenters. The van der Waals surface area contributed by atoms with Gasteiger partial charge in [-0.05, 0) is 28.5 Å². The summed E-state index contributed by atoms with van der Waals surface area (Å²) in [5.41, 5.74) is 0.702. The van der Waals surface area contributed by atoms with Crippen LogP contribution in [0.15, 0.2) is 30.6 Å². The van der Waals surface area contributed by atoms with Crippen LogP contribution in [0.3, 0.4) is 0 Å². The Morgan fingerprint density at radius 1 is 1.38 bits per heavy atom. The molecule has 1 amide bonds. The van der Waals surface area contributed by atoms with Crippen molar-refractivity contribution in [1.82, 2.24) is 25.1 Å². The van der Waals surface area contributed by atoms with Crippen LogP contribution in [0.1, 0.15) is 24.3 Å². The maximum Gasteiger partial charge on any atom is 0.224 e. The van der Waals surface area contributed by atoms with Gasteiger partial charge in [-0.2, -0.15) is 0 Å². The number of hydrogen-bond donors (Lipinski definition) is 0. The van der Waals surface area contributed by atoms with E-state index >= 15 is 0 Å². The normalized spacial score (nSPS) is 18.1. The SMILES string of the molecule is O=C(CCn1cnnn1)N1CC[C@H](c2ccccc2F)C1. The van der Waals surface area contributed by atoms with Crippen molar-refractivity contribution in [2.45, 2.75) is 25.3 Å². The highest BCUT2D eigenvalue weighted by atomic mass is 19.1. The first-order valence-corrected chi connectivity index (χ1v) is 6.97. The second-order valence-electron chi connectivity index (χ2n) is 5.17. The number of rotatable bonds is 4. The topological polar surface area (TPSA) is 63.9 Å². The number of likely N-dealkylation sites (tertiary alicyclic amines) is 1. The summed E-state index contributed by atoms with van der Waals surface area (Å²) in [6.45, 7) is 1.72. The third kappa shape index (κ3) is 3.07. The van der Waals surface area contributed by atoms with Crippen molar-refractivity contribution in [3.8, 4) is 0 Å². The molecule has 0 aliphatic carbocycles. The van der Waals surface area contributed by atoms with Gasteiger partial charge in [-0.1, -0.05) is 18.2 Å². The minimum atomic E-state index is -0.189. The molecule has 0 unspecified atom stereocenters. The van der Waals surface area contributed by atoms with Crippen LogP contribution in [0.4, 0.5) is 4.39 Å². The highest BCUT2D eigenvalue weighted by Gasteiger charge is 2.28. The average Bonchev–Trinajstić information content (AvgIpc) is 3.17. The second kappa shape index (κ2) is 5.99. The summed E-state index contributed by atoms with van der Waals surface area (Å²) in [6, 6.07) is 6.79. The van der Waals surface area contributed by atoms with Crippen LogP contribution in [0.25, 0.3) is 0 Å². The summed E-state index contributed by atoms with van der Waals surface area (Å²) in [5, 5.41) is 10.8. The third-order valence-corrected chi connectivity index (χ3v) is 3.83. The molecule has 0 radical (unpaired) electrons. The highest BCUT2D eigenvalue weighted by molar-refractivity contribution is 5.76. The first-order valence-electron chi connectivity index (χ1n) is 6.97. The Hall–Kier alpha value is -2.31. The number of tetrazole rings is 1. The number of nitrogens with zero attached hydrogens (tertiary/aromatic N) is 5. The Balaban J connectivity index is 1.57. The Kier molecular flexibility index (Phi) is 3.89. The zero-order chi connectivity index (χ0) is 14.7. The zero-order valence-corrected chi connectivity index (χ0v) is 11.5. The first-order chi connectivity index (χ1) is 10.2. The molecule has 1 fully saturated rings. The van der Waals surface area contributed by atoms with Crippen LogP contribution in [-0.2, 0) is 11.3 Å². The lowest BCUT2D eigenvalue weighted by Crippen LogP contribution is -2.29. The molecular formula is C14H16FN5O. The molecule has 1 aliphatic heterocycles. The zero-order valence-electron chi connectivity index (χ0n) is 11.5. The van der Waals surface area contributed by atoms with E-state index in [1.807, 2.05) is 6.07 Å². The fourth-order valence-electron chi connectivity index (χ4n) is 2.70. The monoisotopic (exact) mass is 289 g/mol. The van der Waals surface area contributed by atoms with E-state index in [-0.39, 0.29) is 17.6 Å². The van der Waals surface area contributed by atoms with E-state index in [2.05, 4.69) is 15.5 Å². The number of amides is 1. The van der Waals surface area contributed by atoms with Crippen molar-refractivity contribution in [2.75, 3.05) is 13.1 Å². The van der Waals surface area contributed by atoms with Gasteiger partial charge in [-0.25, -0.2) is 9.07 Å². The van der Waals surface area contributed by atoms with Gasteiger partial charge in [0, 0.05) is 25.4 Å². The van der Waals surface area contributed by atoms with Crippen LogP contribution in [-0.4, -0.2) is 44.1 Å². The third-order valence-electron chi connectivity index (χ3n) is 3.83. The predicted octanol–water partition coefficient (Wildman–Crippen LogP) is 1.22. The van der Waals surface area contributed by atoms with E-state index in [1.165, 1.54) is 17.1 Å². The molecular weight excluding hydrogens is 273 g/mol. The summed E-state index contributed by atoms with van der Waals surface area (Å²) in [7, 11) is 0. The number of carbonyl (C=O) groups excluding carboxylic acids is 1. The number of aromatic nitrogens is 4. The van der Waals surface area contributed by atoms with Gasteiger partial charge in [0.25, 0.3) is 0 Å². The van der Waals surface area contributed by atoms with E-state index in [1.54, 1.807) is 17.0 Å². The molecule has 6 nitrogen and oxygen atoms in total. The van der Waals surface area contributed by atoms with Gasteiger partial charge in [0.15, 0.2) is 0 Å². The standard InChI is InChI=1S/C14H16FN5O/c15-13-4-2-1-3-12(13)11-5-7-19(9-11)14(21)6-8-20-10-16-17-18-20/h1-4,10-11H,5-9H2/t11-/m0/s1. The quantitative estimate of drug-likeness (QED) is 0.849. The van der Waals surface area contributed by atoms with Crippen molar-refractivity contribution < 1.29 is 9.18 Å². The fraction of sp³-hybridized carbons (Fsp3) is 0.429. The van der Waals surface area contributed by atoms with Gasteiger partial charge in [0.05, 0.1) is 6.54 Å². The summed E-state index contributed by atoms with van der Waals surface area (Å²) in [5.74, 6) is -0.0435. The van der Waals surface area contributed by atoms with E-state index in [9.17, 15) is 9.18 Å². The maximum absolute atomic E-state index is 13.8. The van der Waals surface area contributed by atoms with Gasteiger partial charge in [-0.15, -0.1) is 5.10 Å². The van der Waals surface area contributed by atoms with E-state index < -0.39 is 0 Å². The Labute approximate surface area is 121 Å². The molecule has 21 heavy (non-hydrogen) atoms. The lowest BCUT2D eigenvalue weighted by Gasteiger charge is -2.16. The number of hydrogen-bond acceptors (Lipinski definition) is 4. The maximum atomic E-state index is 13.8. The van der Waals surface area contributed by atoms with Crippen LogP contribution < -0.4 is 0 Å². The van der Waals surface area contributed by atoms with Gasteiger partial charge in [0.1, 0.15) is 12.1 Å². The summed E-state index contributed by atoms with van der Waals surface area (Å²) >= 11 is 0. The van der Waals surface area contributed by atoms with Gasteiger partial charge in [0.2, 0.25) is 5.91 Å².